The Balaban J connectivity index is 1.61. The molecular weight excluding hydrogens is 460 g/mol. The summed E-state index contributed by atoms with van der Waals surface area (Å²) >= 11 is 0. The number of carbonyl (C=O) groups excluding carboxylic acids is 1. The van der Waals surface area contributed by atoms with Crippen molar-refractivity contribution < 1.29 is 14.6 Å². The summed E-state index contributed by atoms with van der Waals surface area (Å²) in [5.41, 5.74) is 10.4. The fourth-order valence-corrected chi connectivity index (χ4v) is 4.55. The van der Waals surface area contributed by atoms with Crippen molar-refractivity contribution >= 4 is 22.4 Å². The maximum atomic E-state index is 12.9. The number of amides is 1. The number of aromatic hydroxyl groups is 1. The maximum Gasteiger partial charge on any atom is 0.255 e. The monoisotopic (exact) mass is 504 g/mol. The number of ether oxygens (including phenoxy) is 1. The number of nitrogen functional groups attached to an aromatic ring is 1. The van der Waals surface area contributed by atoms with Crippen LogP contribution in [0.5, 0.6) is 11.5 Å². The smallest absolute Gasteiger partial charge is 0.255 e. The van der Waals surface area contributed by atoms with Crippen LogP contribution in [0.1, 0.15) is 94.3 Å². The number of rotatable bonds is 11. The molecule has 200 valence electrons. The van der Waals surface area contributed by atoms with Crippen LogP contribution in [0.25, 0.3) is 10.8 Å². The number of carbonyl (C=O) groups is 1. The number of hydrogen-bond donors (Lipinski definition) is 3. The molecule has 0 bridgehead atoms. The fourth-order valence-electron chi connectivity index (χ4n) is 4.55. The Morgan fingerprint density at radius 3 is 2.27 bits per heavy atom. The SMILES string of the molecule is CCC(C)(C)c1ccc(OCCCCNC(=O)c2c(C)c(N)c3ccccc3c2O)c(C(C)(C)CC)c1. The molecule has 0 saturated carbocycles. The lowest BCUT2D eigenvalue weighted by molar-refractivity contribution is 0.0949. The number of benzene rings is 3. The minimum atomic E-state index is -0.311. The largest absolute Gasteiger partial charge is 0.506 e. The second kappa shape index (κ2) is 11.5. The van der Waals surface area contributed by atoms with E-state index in [0.717, 1.165) is 36.8 Å². The number of phenols is 1. The zero-order valence-electron chi connectivity index (χ0n) is 23.6. The van der Waals surface area contributed by atoms with Gasteiger partial charge in [-0.15, -0.1) is 0 Å². The van der Waals surface area contributed by atoms with Gasteiger partial charge in [0.2, 0.25) is 0 Å². The molecule has 3 rings (SSSR count). The lowest BCUT2D eigenvalue weighted by Crippen LogP contribution is -2.26. The lowest BCUT2D eigenvalue weighted by Gasteiger charge is -2.30. The Labute approximate surface area is 222 Å². The van der Waals surface area contributed by atoms with Crippen LogP contribution in [0.15, 0.2) is 42.5 Å². The first-order valence-corrected chi connectivity index (χ1v) is 13.5. The highest BCUT2D eigenvalue weighted by atomic mass is 16.5. The van der Waals surface area contributed by atoms with Crippen molar-refractivity contribution in [1.29, 1.82) is 0 Å². The van der Waals surface area contributed by atoms with Crippen molar-refractivity contribution in [1.82, 2.24) is 5.32 Å². The molecule has 0 atom stereocenters. The van der Waals surface area contributed by atoms with Gasteiger partial charge in [-0.2, -0.15) is 0 Å². The quantitative estimate of drug-likeness (QED) is 0.144. The van der Waals surface area contributed by atoms with Crippen LogP contribution in [0, 0.1) is 6.92 Å². The van der Waals surface area contributed by atoms with E-state index in [1.54, 1.807) is 13.0 Å². The van der Waals surface area contributed by atoms with Crippen LogP contribution in [0.2, 0.25) is 0 Å². The van der Waals surface area contributed by atoms with Gasteiger partial charge in [-0.3, -0.25) is 4.79 Å². The summed E-state index contributed by atoms with van der Waals surface area (Å²) in [6.45, 7) is 16.4. The van der Waals surface area contributed by atoms with Gasteiger partial charge in [0.05, 0.1) is 12.2 Å². The average molecular weight is 505 g/mol. The lowest BCUT2D eigenvalue weighted by atomic mass is 9.76. The van der Waals surface area contributed by atoms with Gasteiger partial charge in [-0.05, 0) is 60.6 Å². The molecule has 0 aliphatic carbocycles. The first-order valence-electron chi connectivity index (χ1n) is 13.5. The topological polar surface area (TPSA) is 84.6 Å². The number of phenolic OH excluding ortho intramolecular Hbond substituents is 1. The third kappa shape index (κ3) is 6.03. The van der Waals surface area contributed by atoms with Crippen molar-refractivity contribution in [3.05, 3.63) is 64.7 Å². The summed E-state index contributed by atoms with van der Waals surface area (Å²) in [7, 11) is 0. The molecule has 1 amide bonds. The normalized spacial score (nSPS) is 12.1. The number of anilines is 1. The van der Waals surface area contributed by atoms with Gasteiger partial charge >= 0.3 is 0 Å². The van der Waals surface area contributed by atoms with Gasteiger partial charge in [-0.25, -0.2) is 0 Å². The number of nitrogens with one attached hydrogen (secondary N) is 1. The molecule has 0 fully saturated rings. The molecule has 5 heteroatoms. The van der Waals surface area contributed by atoms with Crippen LogP contribution in [0.4, 0.5) is 5.69 Å². The van der Waals surface area contributed by atoms with E-state index in [1.165, 1.54) is 11.1 Å². The zero-order chi connectivity index (χ0) is 27.4. The van der Waals surface area contributed by atoms with E-state index in [2.05, 4.69) is 65.1 Å². The van der Waals surface area contributed by atoms with Gasteiger partial charge in [0, 0.05) is 28.6 Å². The van der Waals surface area contributed by atoms with Gasteiger partial charge in [0.15, 0.2) is 0 Å². The van der Waals surface area contributed by atoms with Crippen molar-refractivity contribution in [3.8, 4) is 11.5 Å². The van der Waals surface area contributed by atoms with Crippen LogP contribution < -0.4 is 15.8 Å². The number of unbranched alkanes of at least 4 members (excludes halogenated alkanes) is 1. The van der Waals surface area contributed by atoms with Gasteiger partial charge in [-0.1, -0.05) is 77.9 Å². The van der Waals surface area contributed by atoms with Crippen LogP contribution in [-0.4, -0.2) is 24.2 Å². The Morgan fingerprint density at radius 1 is 0.973 bits per heavy atom. The van der Waals surface area contributed by atoms with Crippen molar-refractivity contribution in [2.75, 3.05) is 18.9 Å². The Bertz CT molecular complexity index is 1260. The predicted molar refractivity (Wildman–Crippen MR) is 155 cm³/mol. The number of nitrogens with two attached hydrogens (primary N) is 1. The summed E-state index contributed by atoms with van der Waals surface area (Å²) in [6, 6.07) is 14.0. The van der Waals surface area contributed by atoms with Gasteiger partial charge in [0.25, 0.3) is 5.91 Å². The molecule has 0 saturated heterocycles. The van der Waals surface area contributed by atoms with Crippen LogP contribution in [-0.2, 0) is 10.8 Å². The minimum absolute atomic E-state index is 0.0186. The Morgan fingerprint density at radius 2 is 1.62 bits per heavy atom. The molecule has 3 aromatic rings. The summed E-state index contributed by atoms with van der Waals surface area (Å²) in [5, 5.41) is 15.0. The molecule has 0 radical (unpaired) electrons. The second-order valence-corrected chi connectivity index (χ2v) is 11.3. The van der Waals surface area contributed by atoms with Crippen LogP contribution >= 0.6 is 0 Å². The first-order chi connectivity index (χ1) is 17.4. The van der Waals surface area contributed by atoms with E-state index in [0.29, 0.717) is 29.8 Å². The zero-order valence-corrected chi connectivity index (χ0v) is 23.6. The number of hydrogen-bond acceptors (Lipinski definition) is 4. The van der Waals surface area contributed by atoms with Crippen LogP contribution in [0.3, 0.4) is 0 Å². The van der Waals surface area contributed by atoms with E-state index in [-0.39, 0.29) is 28.1 Å². The number of fused-ring (bicyclic) bond motifs is 1. The highest BCUT2D eigenvalue weighted by Crippen LogP contribution is 2.39. The third-order valence-electron chi connectivity index (χ3n) is 8.09. The van der Waals surface area contributed by atoms with E-state index in [4.69, 9.17) is 10.5 Å². The molecule has 3 aromatic carbocycles. The minimum Gasteiger partial charge on any atom is -0.506 e. The fraction of sp³-hybridized carbons (Fsp3) is 0.469. The highest BCUT2D eigenvalue weighted by molar-refractivity contribution is 6.09. The maximum absolute atomic E-state index is 12.9. The average Bonchev–Trinajstić information content (AvgIpc) is 2.89. The van der Waals surface area contributed by atoms with Gasteiger partial charge < -0.3 is 20.9 Å². The Hall–Kier alpha value is -3.21. The predicted octanol–water partition coefficient (Wildman–Crippen LogP) is 7.40. The molecule has 0 aliphatic rings. The van der Waals surface area contributed by atoms with E-state index >= 15 is 0 Å². The summed E-state index contributed by atoms with van der Waals surface area (Å²) in [6.07, 6.45) is 3.67. The summed E-state index contributed by atoms with van der Waals surface area (Å²) in [5.74, 6) is 0.608. The molecule has 0 aliphatic heterocycles. The molecule has 0 heterocycles. The third-order valence-corrected chi connectivity index (χ3v) is 8.09. The summed E-state index contributed by atoms with van der Waals surface area (Å²) in [4.78, 5) is 12.9. The van der Waals surface area contributed by atoms with E-state index < -0.39 is 0 Å². The van der Waals surface area contributed by atoms with Crippen molar-refractivity contribution in [2.24, 2.45) is 0 Å². The molecule has 0 spiro atoms. The van der Waals surface area contributed by atoms with E-state index in [9.17, 15) is 9.90 Å². The molecule has 37 heavy (non-hydrogen) atoms. The molecule has 0 aromatic heterocycles. The first kappa shape index (κ1) is 28.4. The summed E-state index contributed by atoms with van der Waals surface area (Å²) < 4.78 is 6.25. The second-order valence-electron chi connectivity index (χ2n) is 11.3. The van der Waals surface area contributed by atoms with E-state index in [1.807, 2.05) is 18.2 Å². The molecule has 0 unspecified atom stereocenters. The van der Waals surface area contributed by atoms with Crippen molar-refractivity contribution in [3.63, 3.8) is 0 Å². The Kier molecular flexibility index (Phi) is 8.78. The molecule has 4 N–H and O–H groups in total. The highest BCUT2D eigenvalue weighted by Gasteiger charge is 2.26. The standard InChI is InChI=1S/C32H44N2O3/c1-8-31(4,5)22-16-17-26(25(20-22)32(6,7)9-2)37-19-13-12-18-34-30(36)27-21(3)28(33)23-14-10-11-15-24(23)29(27)35/h10-11,14-17,20,35H,8-9,12-13,18-19,33H2,1-7H3,(H,34,36). The molecular formula is C32H44N2O3. The van der Waals surface area contributed by atoms with Crippen molar-refractivity contribution in [2.45, 2.75) is 85.0 Å². The van der Waals surface area contributed by atoms with Gasteiger partial charge in [0.1, 0.15) is 11.5 Å². The molecule has 5 nitrogen and oxygen atoms in total.